The van der Waals surface area contributed by atoms with Crippen LogP contribution in [-0.2, 0) is 9.59 Å². The van der Waals surface area contributed by atoms with E-state index in [2.05, 4.69) is 18.7 Å². The largest absolute Gasteiger partial charge is 0.481 e. The van der Waals surface area contributed by atoms with Crippen molar-refractivity contribution in [2.24, 2.45) is 5.92 Å². The molecule has 0 aromatic rings. The van der Waals surface area contributed by atoms with Gasteiger partial charge in [-0.15, -0.1) is 0 Å². The average Bonchev–Trinajstić information content (AvgIpc) is 2.36. The average molecular weight is 270 g/mol. The molecule has 1 atom stereocenters. The lowest BCUT2D eigenvalue weighted by atomic mass is 9.98. The van der Waals surface area contributed by atoms with Crippen LogP contribution in [0.1, 0.15) is 39.5 Å². The highest BCUT2D eigenvalue weighted by Gasteiger charge is 2.31. The maximum atomic E-state index is 12.5. The monoisotopic (exact) mass is 270 g/mol. The van der Waals surface area contributed by atoms with Crippen LogP contribution in [0, 0.1) is 5.92 Å². The number of piperidine rings is 1. The predicted octanol–water partition coefficient (Wildman–Crippen LogP) is 1.43. The van der Waals surface area contributed by atoms with Crippen molar-refractivity contribution in [3.05, 3.63) is 0 Å². The summed E-state index contributed by atoms with van der Waals surface area (Å²) in [5.41, 5.74) is 0. The summed E-state index contributed by atoms with van der Waals surface area (Å²) in [6.07, 6.45) is 3.54. The van der Waals surface area contributed by atoms with E-state index < -0.39 is 5.97 Å². The molecule has 110 valence electrons. The minimum absolute atomic E-state index is 0.00700. The van der Waals surface area contributed by atoms with Crippen molar-refractivity contribution in [2.75, 3.05) is 26.7 Å². The fraction of sp³-hybridized carbons (Fsp3) is 0.857. The summed E-state index contributed by atoms with van der Waals surface area (Å²) in [4.78, 5) is 26.9. The Labute approximate surface area is 115 Å². The number of carboxylic acid groups (broad SMARTS) is 1. The second-order valence-corrected chi connectivity index (χ2v) is 5.69. The van der Waals surface area contributed by atoms with Gasteiger partial charge >= 0.3 is 5.97 Å². The van der Waals surface area contributed by atoms with Crippen LogP contribution in [0.5, 0.6) is 0 Å². The molecule has 0 aliphatic carbocycles. The zero-order valence-corrected chi connectivity index (χ0v) is 12.3. The number of amides is 1. The quantitative estimate of drug-likeness (QED) is 0.793. The summed E-state index contributed by atoms with van der Waals surface area (Å²) in [6.45, 7) is 6.35. The Bertz CT molecular complexity index is 312. The van der Waals surface area contributed by atoms with E-state index in [9.17, 15) is 9.59 Å². The van der Waals surface area contributed by atoms with Gasteiger partial charge in [0.2, 0.25) is 5.91 Å². The second-order valence-electron chi connectivity index (χ2n) is 5.69. The van der Waals surface area contributed by atoms with Gasteiger partial charge in [-0.05, 0) is 31.8 Å². The van der Waals surface area contributed by atoms with E-state index in [-0.39, 0.29) is 30.8 Å². The van der Waals surface area contributed by atoms with Crippen molar-refractivity contribution in [3.63, 3.8) is 0 Å². The Morgan fingerprint density at radius 3 is 2.26 bits per heavy atom. The molecule has 0 aromatic heterocycles. The number of likely N-dealkylation sites (N-methyl/N-ethyl adjacent to an activating group) is 1. The summed E-state index contributed by atoms with van der Waals surface area (Å²) in [6, 6.07) is -0.112. The molecule has 1 amide bonds. The van der Waals surface area contributed by atoms with Crippen LogP contribution in [-0.4, -0.2) is 59.5 Å². The molecular weight excluding hydrogens is 244 g/mol. The molecule has 0 radical (unpaired) electrons. The number of rotatable bonds is 6. The Kier molecular flexibility index (Phi) is 6.28. The highest BCUT2D eigenvalue weighted by atomic mass is 16.4. The molecule has 1 saturated heterocycles. The smallest absolute Gasteiger partial charge is 0.305 e. The van der Waals surface area contributed by atoms with E-state index in [4.69, 9.17) is 5.11 Å². The van der Waals surface area contributed by atoms with Crippen LogP contribution < -0.4 is 0 Å². The molecule has 5 nitrogen and oxygen atoms in total. The number of hydrogen-bond acceptors (Lipinski definition) is 3. The topological polar surface area (TPSA) is 60.9 Å². The van der Waals surface area contributed by atoms with Crippen LogP contribution in [0.3, 0.4) is 0 Å². The summed E-state index contributed by atoms with van der Waals surface area (Å²) in [5.74, 6) is -0.560. The lowest BCUT2D eigenvalue weighted by Crippen LogP contribution is -2.52. The molecule has 1 heterocycles. The molecule has 1 N–H and O–H groups in total. The second kappa shape index (κ2) is 7.48. The van der Waals surface area contributed by atoms with Gasteiger partial charge in [0.1, 0.15) is 0 Å². The fourth-order valence-corrected chi connectivity index (χ4v) is 2.66. The van der Waals surface area contributed by atoms with Crippen molar-refractivity contribution in [1.82, 2.24) is 9.80 Å². The van der Waals surface area contributed by atoms with Gasteiger partial charge in [0, 0.05) is 13.6 Å². The van der Waals surface area contributed by atoms with Gasteiger partial charge in [-0.25, -0.2) is 0 Å². The summed E-state index contributed by atoms with van der Waals surface area (Å²) in [7, 11) is 1.70. The Morgan fingerprint density at radius 2 is 1.79 bits per heavy atom. The van der Waals surface area contributed by atoms with Crippen molar-refractivity contribution in [3.8, 4) is 0 Å². The first kappa shape index (κ1) is 16.0. The van der Waals surface area contributed by atoms with Crippen molar-refractivity contribution in [1.29, 1.82) is 0 Å². The van der Waals surface area contributed by atoms with Crippen LogP contribution in [0.15, 0.2) is 0 Å². The number of hydrogen-bond donors (Lipinski definition) is 1. The number of carbonyl (C=O) groups excluding carboxylic acids is 1. The van der Waals surface area contributed by atoms with E-state index in [1.54, 1.807) is 11.9 Å². The van der Waals surface area contributed by atoms with Gasteiger partial charge in [0.15, 0.2) is 0 Å². The molecule has 1 aliphatic rings. The first-order valence-corrected chi connectivity index (χ1v) is 7.14. The molecule has 0 aromatic carbocycles. The minimum Gasteiger partial charge on any atom is -0.481 e. The van der Waals surface area contributed by atoms with Crippen LogP contribution in [0.2, 0.25) is 0 Å². The van der Waals surface area contributed by atoms with E-state index in [0.717, 1.165) is 25.9 Å². The molecule has 1 unspecified atom stereocenters. The fourth-order valence-electron chi connectivity index (χ4n) is 2.66. The molecule has 1 rings (SSSR count). The van der Waals surface area contributed by atoms with Gasteiger partial charge in [-0.1, -0.05) is 20.3 Å². The Hall–Kier alpha value is -1.10. The minimum atomic E-state index is -0.862. The van der Waals surface area contributed by atoms with Gasteiger partial charge in [-0.3, -0.25) is 14.5 Å². The van der Waals surface area contributed by atoms with Gasteiger partial charge in [-0.2, -0.15) is 0 Å². The SMILES string of the molecule is CC(C)C(C(=O)N(C)CCC(=O)O)N1CCCCC1. The maximum absolute atomic E-state index is 12.5. The van der Waals surface area contributed by atoms with Crippen LogP contribution >= 0.6 is 0 Å². The van der Waals surface area contributed by atoms with Crippen molar-refractivity contribution >= 4 is 11.9 Å². The van der Waals surface area contributed by atoms with Crippen molar-refractivity contribution in [2.45, 2.75) is 45.6 Å². The molecular formula is C14H26N2O3. The standard InChI is InChI=1S/C14H26N2O3/c1-11(2)13(16-8-5-4-6-9-16)14(19)15(3)10-7-12(17)18/h11,13H,4-10H2,1-3H3,(H,17,18). The Morgan fingerprint density at radius 1 is 1.21 bits per heavy atom. The first-order chi connectivity index (χ1) is 8.93. The predicted molar refractivity (Wildman–Crippen MR) is 73.9 cm³/mol. The Balaban J connectivity index is 2.63. The number of aliphatic carboxylic acids is 1. The van der Waals surface area contributed by atoms with E-state index in [1.165, 1.54) is 6.42 Å². The summed E-state index contributed by atoms with van der Waals surface area (Å²) >= 11 is 0. The van der Waals surface area contributed by atoms with Gasteiger partial charge < -0.3 is 10.0 Å². The number of carboxylic acids is 1. The number of nitrogens with zero attached hydrogens (tertiary/aromatic N) is 2. The zero-order valence-electron chi connectivity index (χ0n) is 12.3. The van der Waals surface area contributed by atoms with Crippen LogP contribution in [0.25, 0.3) is 0 Å². The summed E-state index contributed by atoms with van der Waals surface area (Å²) in [5, 5.41) is 8.69. The molecule has 0 bridgehead atoms. The third-order valence-corrected chi connectivity index (χ3v) is 3.71. The van der Waals surface area contributed by atoms with E-state index in [1.807, 2.05) is 0 Å². The first-order valence-electron chi connectivity index (χ1n) is 7.14. The normalized spacial score (nSPS) is 18.3. The van der Waals surface area contributed by atoms with Crippen LogP contribution in [0.4, 0.5) is 0 Å². The molecule has 0 spiro atoms. The third-order valence-electron chi connectivity index (χ3n) is 3.71. The van der Waals surface area contributed by atoms with Gasteiger partial charge in [0.25, 0.3) is 0 Å². The molecule has 19 heavy (non-hydrogen) atoms. The highest BCUT2D eigenvalue weighted by Crippen LogP contribution is 2.19. The number of carbonyl (C=O) groups is 2. The van der Waals surface area contributed by atoms with E-state index in [0.29, 0.717) is 0 Å². The van der Waals surface area contributed by atoms with Gasteiger partial charge in [0.05, 0.1) is 12.5 Å². The zero-order chi connectivity index (χ0) is 14.4. The lowest BCUT2D eigenvalue weighted by molar-refractivity contribution is -0.140. The molecule has 5 heteroatoms. The molecule has 1 aliphatic heterocycles. The molecule has 0 saturated carbocycles. The molecule has 1 fully saturated rings. The van der Waals surface area contributed by atoms with Crippen molar-refractivity contribution < 1.29 is 14.7 Å². The highest BCUT2D eigenvalue weighted by molar-refractivity contribution is 5.82. The van der Waals surface area contributed by atoms with E-state index >= 15 is 0 Å². The lowest BCUT2D eigenvalue weighted by Gasteiger charge is -2.37. The maximum Gasteiger partial charge on any atom is 0.305 e. The number of likely N-dealkylation sites (tertiary alicyclic amines) is 1. The third kappa shape index (κ3) is 4.82. The summed E-state index contributed by atoms with van der Waals surface area (Å²) < 4.78 is 0.